The fourth-order valence-electron chi connectivity index (χ4n) is 4.34. The van der Waals surface area contributed by atoms with Crippen LogP contribution in [0.3, 0.4) is 0 Å². The van der Waals surface area contributed by atoms with Crippen molar-refractivity contribution in [1.82, 2.24) is 0 Å². The second-order valence-corrected chi connectivity index (χ2v) is 8.49. The Labute approximate surface area is 185 Å². The number of amidine groups is 2. The van der Waals surface area contributed by atoms with E-state index in [-0.39, 0.29) is 17.1 Å². The Morgan fingerprint density at radius 3 is 1.42 bits per heavy atom. The molecule has 3 rings (SSSR count). The van der Waals surface area contributed by atoms with E-state index in [4.69, 9.17) is 31.8 Å². The Morgan fingerprint density at radius 2 is 1.06 bits per heavy atom. The maximum absolute atomic E-state index is 7.49. The third-order valence-corrected chi connectivity index (χ3v) is 6.30. The Kier molecular flexibility index (Phi) is 7.93. The van der Waals surface area contributed by atoms with Crippen LogP contribution in [0.4, 0.5) is 0 Å². The summed E-state index contributed by atoms with van der Waals surface area (Å²) in [5.41, 5.74) is 12.7. The summed E-state index contributed by atoms with van der Waals surface area (Å²) in [5.74, 6) is 1.77. The molecule has 2 aromatic carbocycles. The summed E-state index contributed by atoms with van der Waals surface area (Å²) in [6.07, 6.45) is 9.59. The van der Waals surface area contributed by atoms with E-state index < -0.39 is 0 Å². The standard InChI is InChI=1S/C25H34N4O2/c26-23(27)19-5-9-21(10-6-19)30-17-15-25(13-3-1-2-4-14-25)16-18-31-22-11-7-20(8-12-22)24(28)29/h5-12H,1-4,13-18H2,(H3,26,27)(H3,28,29). The number of hydrogen-bond donors (Lipinski definition) is 4. The zero-order valence-corrected chi connectivity index (χ0v) is 18.2. The molecule has 0 radical (unpaired) electrons. The van der Waals surface area contributed by atoms with E-state index in [1.54, 1.807) is 0 Å². The average molecular weight is 423 g/mol. The lowest BCUT2D eigenvalue weighted by Crippen LogP contribution is -2.25. The first-order chi connectivity index (χ1) is 15.0. The highest BCUT2D eigenvalue weighted by Crippen LogP contribution is 2.41. The molecule has 0 bridgehead atoms. The van der Waals surface area contributed by atoms with Crippen molar-refractivity contribution in [3.05, 3.63) is 59.7 Å². The fraction of sp³-hybridized carbons (Fsp3) is 0.440. The molecular weight excluding hydrogens is 388 g/mol. The highest BCUT2D eigenvalue weighted by atomic mass is 16.5. The van der Waals surface area contributed by atoms with E-state index in [9.17, 15) is 0 Å². The summed E-state index contributed by atoms with van der Waals surface area (Å²) >= 11 is 0. The molecule has 1 aliphatic carbocycles. The molecule has 0 heterocycles. The number of benzene rings is 2. The molecule has 0 saturated heterocycles. The van der Waals surface area contributed by atoms with Crippen LogP contribution in [-0.2, 0) is 0 Å². The van der Waals surface area contributed by atoms with E-state index in [1.807, 2.05) is 48.5 Å². The van der Waals surface area contributed by atoms with Crippen LogP contribution in [0.25, 0.3) is 0 Å². The number of rotatable bonds is 10. The predicted octanol–water partition coefficient (Wildman–Crippen LogP) is 4.83. The SMILES string of the molecule is N=C(N)c1ccc(OCCC2(CCOc3ccc(C(=N)N)cc3)CCCCCC2)cc1. The molecule has 2 aromatic rings. The van der Waals surface area contributed by atoms with Gasteiger partial charge in [-0.2, -0.15) is 0 Å². The second kappa shape index (κ2) is 10.8. The Bertz CT molecular complexity index is 789. The maximum Gasteiger partial charge on any atom is 0.122 e. The van der Waals surface area contributed by atoms with Crippen LogP contribution in [0.2, 0.25) is 0 Å². The third kappa shape index (κ3) is 6.74. The third-order valence-electron chi connectivity index (χ3n) is 6.30. The van der Waals surface area contributed by atoms with Gasteiger partial charge in [0.2, 0.25) is 0 Å². The van der Waals surface area contributed by atoms with Crippen molar-refractivity contribution in [2.45, 2.75) is 51.4 Å². The first-order valence-electron chi connectivity index (χ1n) is 11.1. The van der Waals surface area contributed by atoms with Crippen molar-refractivity contribution < 1.29 is 9.47 Å². The molecule has 1 fully saturated rings. The Hall–Kier alpha value is -3.02. The summed E-state index contributed by atoms with van der Waals surface area (Å²) in [6, 6.07) is 14.8. The lowest BCUT2D eigenvalue weighted by atomic mass is 9.75. The second-order valence-electron chi connectivity index (χ2n) is 8.49. The van der Waals surface area contributed by atoms with Gasteiger partial charge in [-0.3, -0.25) is 10.8 Å². The highest BCUT2D eigenvalue weighted by molar-refractivity contribution is 5.95. The van der Waals surface area contributed by atoms with Gasteiger partial charge in [0.15, 0.2) is 0 Å². The van der Waals surface area contributed by atoms with Crippen LogP contribution >= 0.6 is 0 Å². The minimum atomic E-state index is 0.0693. The number of hydrogen-bond acceptors (Lipinski definition) is 4. The number of nitrogens with one attached hydrogen (secondary N) is 2. The predicted molar refractivity (Wildman–Crippen MR) is 125 cm³/mol. The van der Waals surface area contributed by atoms with E-state index in [0.717, 1.165) is 24.3 Å². The molecule has 166 valence electrons. The van der Waals surface area contributed by atoms with Gasteiger partial charge in [-0.15, -0.1) is 0 Å². The van der Waals surface area contributed by atoms with Crippen LogP contribution in [-0.4, -0.2) is 24.9 Å². The van der Waals surface area contributed by atoms with Crippen LogP contribution in [0.1, 0.15) is 62.5 Å². The normalized spacial score (nSPS) is 15.6. The molecule has 6 nitrogen and oxygen atoms in total. The number of nitrogen functional groups attached to an aromatic ring is 2. The topological polar surface area (TPSA) is 118 Å². The smallest absolute Gasteiger partial charge is 0.122 e. The van der Waals surface area contributed by atoms with Crippen molar-refractivity contribution in [3.63, 3.8) is 0 Å². The van der Waals surface area contributed by atoms with Gasteiger partial charge in [-0.1, -0.05) is 25.7 Å². The summed E-state index contributed by atoms with van der Waals surface area (Å²) < 4.78 is 12.1. The zero-order chi connectivity index (χ0) is 22.1. The fourth-order valence-corrected chi connectivity index (χ4v) is 4.34. The first kappa shape index (κ1) is 22.7. The van der Waals surface area contributed by atoms with Crippen molar-refractivity contribution in [2.24, 2.45) is 16.9 Å². The lowest BCUT2D eigenvalue weighted by Gasteiger charge is -2.33. The van der Waals surface area contributed by atoms with E-state index in [0.29, 0.717) is 24.3 Å². The quantitative estimate of drug-likeness (QED) is 0.249. The molecule has 0 aliphatic heterocycles. The van der Waals surface area contributed by atoms with Gasteiger partial charge in [-0.05, 0) is 79.6 Å². The van der Waals surface area contributed by atoms with E-state index in [1.165, 1.54) is 38.5 Å². The first-order valence-corrected chi connectivity index (χ1v) is 11.1. The lowest BCUT2D eigenvalue weighted by molar-refractivity contribution is 0.129. The molecule has 1 saturated carbocycles. The number of ether oxygens (including phenoxy) is 2. The molecule has 0 atom stereocenters. The maximum atomic E-state index is 7.49. The molecule has 1 aliphatic rings. The molecule has 0 amide bonds. The van der Waals surface area contributed by atoms with Crippen LogP contribution in [0.5, 0.6) is 11.5 Å². The minimum absolute atomic E-state index is 0.0693. The van der Waals surface area contributed by atoms with E-state index in [2.05, 4.69) is 0 Å². The van der Waals surface area contributed by atoms with Crippen molar-refractivity contribution >= 4 is 11.7 Å². The Morgan fingerprint density at radius 1 is 0.677 bits per heavy atom. The van der Waals surface area contributed by atoms with Crippen LogP contribution in [0, 0.1) is 16.2 Å². The highest BCUT2D eigenvalue weighted by Gasteiger charge is 2.30. The van der Waals surface area contributed by atoms with Gasteiger partial charge in [0.05, 0.1) is 13.2 Å². The minimum Gasteiger partial charge on any atom is -0.494 e. The largest absolute Gasteiger partial charge is 0.494 e. The molecule has 31 heavy (non-hydrogen) atoms. The van der Waals surface area contributed by atoms with Gasteiger partial charge >= 0.3 is 0 Å². The molecular formula is C25H34N4O2. The number of nitrogens with two attached hydrogens (primary N) is 2. The average Bonchev–Trinajstić information content (AvgIpc) is 3.00. The van der Waals surface area contributed by atoms with Crippen molar-refractivity contribution in [1.29, 1.82) is 10.8 Å². The van der Waals surface area contributed by atoms with Crippen molar-refractivity contribution in [2.75, 3.05) is 13.2 Å². The van der Waals surface area contributed by atoms with Crippen molar-refractivity contribution in [3.8, 4) is 11.5 Å². The molecule has 0 aromatic heterocycles. The van der Waals surface area contributed by atoms with Gasteiger partial charge in [0.25, 0.3) is 0 Å². The van der Waals surface area contributed by atoms with Crippen LogP contribution < -0.4 is 20.9 Å². The summed E-state index contributed by atoms with van der Waals surface area (Å²) in [5, 5.41) is 15.0. The monoisotopic (exact) mass is 422 g/mol. The molecule has 6 heteroatoms. The summed E-state index contributed by atoms with van der Waals surface area (Å²) in [4.78, 5) is 0. The zero-order valence-electron chi connectivity index (χ0n) is 18.2. The summed E-state index contributed by atoms with van der Waals surface area (Å²) in [7, 11) is 0. The Balaban J connectivity index is 1.54. The van der Waals surface area contributed by atoms with Gasteiger partial charge in [0.1, 0.15) is 23.2 Å². The molecule has 0 spiro atoms. The van der Waals surface area contributed by atoms with Gasteiger partial charge in [0, 0.05) is 11.1 Å². The molecule has 6 N–H and O–H groups in total. The van der Waals surface area contributed by atoms with E-state index >= 15 is 0 Å². The van der Waals surface area contributed by atoms with Gasteiger partial charge < -0.3 is 20.9 Å². The van der Waals surface area contributed by atoms with Crippen LogP contribution in [0.15, 0.2) is 48.5 Å². The summed E-state index contributed by atoms with van der Waals surface area (Å²) in [6.45, 7) is 1.35. The van der Waals surface area contributed by atoms with Gasteiger partial charge in [-0.25, -0.2) is 0 Å². The molecule has 0 unspecified atom stereocenters.